The molecule has 1 aromatic carbocycles. The highest BCUT2D eigenvalue weighted by atomic mass is 32.1. The Balaban J connectivity index is 2.73. The van der Waals surface area contributed by atoms with Crippen molar-refractivity contribution in [3.63, 3.8) is 0 Å². The average Bonchev–Trinajstić information content (AvgIpc) is 2.77. The molecule has 130 valence electrons. The average molecular weight is 364 g/mol. The van der Waals surface area contributed by atoms with Crippen LogP contribution in [0.2, 0.25) is 0 Å². The number of aryl methyl sites for hydroxylation is 1. The van der Waals surface area contributed by atoms with E-state index in [-0.39, 0.29) is 5.41 Å². The van der Waals surface area contributed by atoms with Crippen LogP contribution < -0.4 is 10.7 Å². The number of benzene rings is 1. The molecular weight excluding hydrogens is 338 g/mol. The Morgan fingerprint density at radius 3 is 2.17 bits per heavy atom. The lowest BCUT2D eigenvalue weighted by atomic mass is 9.91. The van der Waals surface area contributed by atoms with E-state index in [2.05, 4.69) is 40.3 Å². The van der Waals surface area contributed by atoms with Crippen molar-refractivity contribution < 1.29 is 0 Å². The number of hydrogen-bond donors (Lipinski definition) is 2. The number of hydrogen-bond acceptors (Lipinski definition) is 4. The van der Waals surface area contributed by atoms with Crippen LogP contribution in [-0.4, -0.2) is 33.2 Å². The molecule has 0 bridgehead atoms. The van der Waals surface area contributed by atoms with E-state index >= 15 is 0 Å². The van der Waals surface area contributed by atoms with E-state index in [0.717, 1.165) is 17.1 Å². The van der Waals surface area contributed by atoms with Crippen molar-refractivity contribution in [2.24, 2.45) is 0 Å². The Kier molecular flexibility index (Phi) is 5.27. The van der Waals surface area contributed by atoms with Crippen LogP contribution in [0.1, 0.15) is 32.0 Å². The van der Waals surface area contributed by atoms with Gasteiger partial charge >= 0.3 is 0 Å². The molecule has 0 aliphatic rings. The molecule has 0 amide bonds. The smallest absolute Gasteiger partial charge is 0.153 e. The van der Waals surface area contributed by atoms with Crippen molar-refractivity contribution >= 4 is 40.7 Å². The van der Waals surface area contributed by atoms with Crippen LogP contribution >= 0.6 is 24.8 Å². The highest BCUT2D eigenvalue weighted by molar-refractivity contribution is 8.11. The summed E-state index contributed by atoms with van der Waals surface area (Å²) in [6.45, 7) is 8.36. The first kappa shape index (κ1) is 18.8. The third-order valence-corrected chi connectivity index (χ3v) is 4.04. The Morgan fingerprint density at radius 1 is 1.21 bits per heavy atom. The zero-order valence-electron chi connectivity index (χ0n) is 15.0. The molecule has 1 heterocycles. The Bertz CT molecular complexity index is 742. The quantitative estimate of drug-likeness (QED) is 0.496. The summed E-state index contributed by atoms with van der Waals surface area (Å²) in [7, 11) is 3.80. The van der Waals surface area contributed by atoms with E-state index in [1.807, 2.05) is 43.4 Å². The Hall–Kier alpha value is -1.57. The van der Waals surface area contributed by atoms with Crippen molar-refractivity contribution in [3.05, 3.63) is 35.5 Å². The summed E-state index contributed by atoms with van der Waals surface area (Å²) in [6, 6.07) is 8.10. The first-order valence-corrected chi connectivity index (χ1v) is 8.56. The lowest BCUT2D eigenvalue weighted by Crippen LogP contribution is -2.40. The van der Waals surface area contributed by atoms with Gasteiger partial charge in [0.15, 0.2) is 10.1 Å². The van der Waals surface area contributed by atoms with Gasteiger partial charge < -0.3 is 5.73 Å². The number of nitrogens with two attached hydrogens (primary N) is 1. The van der Waals surface area contributed by atoms with Crippen LogP contribution in [0.4, 0.5) is 11.5 Å². The summed E-state index contributed by atoms with van der Waals surface area (Å²) in [5.74, 6) is 0.536. The Labute approximate surface area is 154 Å². The second kappa shape index (κ2) is 6.74. The predicted octanol–water partition coefficient (Wildman–Crippen LogP) is 3.56. The molecule has 1 aromatic heterocycles. The van der Waals surface area contributed by atoms with Crippen LogP contribution in [0.15, 0.2) is 24.3 Å². The maximum atomic E-state index is 6.49. The number of thiocarbonyl (C=S) groups is 1. The highest BCUT2D eigenvalue weighted by Gasteiger charge is 2.31. The van der Waals surface area contributed by atoms with E-state index in [0.29, 0.717) is 10.1 Å². The minimum atomic E-state index is -0.202. The monoisotopic (exact) mass is 363 g/mol. The molecular formula is C17H25N5S2. The molecule has 0 radical (unpaired) electrons. The van der Waals surface area contributed by atoms with Gasteiger partial charge in [0.25, 0.3) is 0 Å². The summed E-state index contributed by atoms with van der Waals surface area (Å²) in [5.41, 5.74) is 10.0. The number of rotatable bonds is 3. The number of thiol groups is 1. The predicted molar refractivity (Wildman–Crippen MR) is 109 cm³/mol. The van der Waals surface area contributed by atoms with Gasteiger partial charge in [-0.15, -0.1) is 12.6 Å². The van der Waals surface area contributed by atoms with Gasteiger partial charge in [-0.3, -0.25) is 5.01 Å². The topological polar surface area (TPSA) is 50.3 Å². The number of hydrazine groups is 1. The number of aromatic nitrogens is 2. The zero-order valence-corrected chi connectivity index (χ0v) is 16.7. The zero-order chi connectivity index (χ0) is 18.2. The largest absolute Gasteiger partial charge is 0.382 e. The maximum Gasteiger partial charge on any atom is 0.153 e. The molecule has 2 N–H and O–H groups in total. The SMILES string of the molecule is Cc1ccc(-n2nc(C(C)(C)C)c(N(C(=S)S)N(C)C)c2N)cc1. The van der Waals surface area contributed by atoms with E-state index in [1.54, 1.807) is 9.69 Å². The molecule has 2 rings (SSSR count). The van der Waals surface area contributed by atoms with Crippen molar-refractivity contribution in [3.8, 4) is 5.69 Å². The van der Waals surface area contributed by atoms with Crippen molar-refractivity contribution in [2.75, 3.05) is 24.8 Å². The standard InChI is InChI=1S/C17H25N5S2/c1-11-7-9-12(10-8-11)21-15(18)13(14(19-21)17(2,3)4)22(16(23)24)20(5)6/h7-10H,18H2,1-6H3,(H,23,24). The minimum Gasteiger partial charge on any atom is -0.382 e. The van der Waals surface area contributed by atoms with E-state index in [4.69, 9.17) is 23.1 Å². The fourth-order valence-corrected chi connectivity index (χ4v) is 3.02. The highest BCUT2D eigenvalue weighted by Crippen LogP contribution is 2.38. The van der Waals surface area contributed by atoms with Crippen LogP contribution in [-0.2, 0) is 5.41 Å². The molecule has 0 fully saturated rings. The van der Waals surface area contributed by atoms with Crippen LogP contribution in [0, 0.1) is 6.92 Å². The van der Waals surface area contributed by atoms with Gasteiger partial charge in [-0.2, -0.15) is 5.10 Å². The fourth-order valence-electron chi connectivity index (χ4n) is 2.49. The molecule has 5 nitrogen and oxygen atoms in total. The molecule has 0 atom stereocenters. The lowest BCUT2D eigenvalue weighted by Gasteiger charge is -2.31. The molecule has 0 spiro atoms. The summed E-state index contributed by atoms with van der Waals surface area (Å²) >= 11 is 9.68. The van der Waals surface area contributed by atoms with Gasteiger partial charge in [0, 0.05) is 19.5 Å². The third-order valence-electron chi connectivity index (χ3n) is 3.68. The van der Waals surface area contributed by atoms with Crippen LogP contribution in [0.5, 0.6) is 0 Å². The number of nitrogens with zero attached hydrogens (tertiary/aromatic N) is 4. The van der Waals surface area contributed by atoms with Gasteiger partial charge in [0.05, 0.1) is 11.4 Å². The summed E-state index contributed by atoms with van der Waals surface area (Å²) < 4.78 is 2.18. The number of anilines is 2. The summed E-state index contributed by atoms with van der Waals surface area (Å²) in [6.07, 6.45) is 0. The van der Waals surface area contributed by atoms with Gasteiger partial charge in [-0.25, -0.2) is 9.69 Å². The van der Waals surface area contributed by atoms with Crippen molar-refractivity contribution in [1.82, 2.24) is 14.8 Å². The maximum absolute atomic E-state index is 6.49. The first-order chi connectivity index (χ1) is 11.0. The molecule has 0 saturated carbocycles. The fraction of sp³-hybridized carbons (Fsp3) is 0.412. The van der Waals surface area contributed by atoms with Crippen molar-refractivity contribution in [1.29, 1.82) is 0 Å². The van der Waals surface area contributed by atoms with E-state index < -0.39 is 0 Å². The molecule has 7 heteroatoms. The van der Waals surface area contributed by atoms with E-state index in [9.17, 15) is 0 Å². The van der Waals surface area contributed by atoms with Crippen LogP contribution in [0.3, 0.4) is 0 Å². The Morgan fingerprint density at radius 2 is 1.75 bits per heavy atom. The second-order valence-corrected chi connectivity index (χ2v) is 8.13. The molecule has 0 unspecified atom stereocenters. The summed E-state index contributed by atoms with van der Waals surface area (Å²) in [4.78, 5) is 0. The molecule has 24 heavy (non-hydrogen) atoms. The van der Waals surface area contributed by atoms with E-state index in [1.165, 1.54) is 5.56 Å². The second-order valence-electron chi connectivity index (χ2n) is 7.02. The molecule has 0 saturated heterocycles. The summed E-state index contributed by atoms with van der Waals surface area (Å²) in [5, 5.41) is 8.45. The molecule has 0 aliphatic carbocycles. The normalized spacial score (nSPS) is 11.8. The number of nitrogen functional groups attached to an aromatic ring is 1. The van der Waals surface area contributed by atoms with Gasteiger partial charge in [0.1, 0.15) is 5.69 Å². The minimum absolute atomic E-state index is 0.202. The first-order valence-electron chi connectivity index (χ1n) is 7.70. The van der Waals surface area contributed by atoms with Gasteiger partial charge in [-0.1, -0.05) is 50.7 Å². The van der Waals surface area contributed by atoms with Crippen LogP contribution in [0.25, 0.3) is 5.69 Å². The third kappa shape index (κ3) is 3.58. The van der Waals surface area contributed by atoms with Gasteiger partial charge in [-0.05, 0) is 19.1 Å². The van der Waals surface area contributed by atoms with Gasteiger partial charge in [0.2, 0.25) is 0 Å². The lowest BCUT2D eigenvalue weighted by molar-refractivity contribution is 0.429. The molecule has 0 aliphatic heterocycles. The van der Waals surface area contributed by atoms with Crippen molar-refractivity contribution in [2.45, 2.75) is 33.1 Å². The molecule has 2 aromatic rings.